The summed E-state index contributed by atoms with van der Waals surface area (Å²) >= 11 is 6.23. The van der Waals surface area contributed by atoms with Crippen molar-refractivity contribution in [1.82, 2.24) is 19.7 Å². The molecule has 0 N–H and O–H groups in total. The average molecular weight is 407 g/mol. The number of pyridine rings is 1. The SMILES string of the molecule is O=C(c1cnn(Cc2ccccc2Cl)c1)N(Cc1cccnc1)Cc1ccco1. The van der Waals surface area contributed by atoms with Crippen molar-refractivity contribution >= 4 is 17.5 Å². The van der Waals surface area contributed by atoms with Crippen LogP contribution in [0.3, 0.4) is 0 Å². The normalized spacial score (nSPS) is 10.8. The number of benzene rings is 1. The van der Waals surface area contributed by atoms with Crippen molar-refractivity contribution in [1.29, 1.82) is 0 Å². The number of furan rings is 1. The molecule has 0 fully saturated rings. The highest BCUT2D eigenvalue weighted by Gasteiger charge is 2.20. The number of nitrogens with zero attached hydrogens (tertiary/aromatic N) is 4. The van der Waals surface area contributed by atoms with Crippen molar-refractivity contribution in [2.75, 3.05) is 0 Å². The summed E-state index contributed by atoms with van der Waals surface area (Å²) in [5.41, 5.74) is 2.39. The third-order valence-electron chi connectivity index (χ3n) is 4.48. The standard InChI is InChI=1S/C22H19ClN4O2/c23-21-8-2-1-6-18(21)14-27-15-19(12-25-27)22(28)26(16-20-7-4-10-29-20)13-17-5-3-9-24-11-17/h1-12,15H,13-14,16H2. The Morgan fingerprint density at radius 3 is 2.72 bits per heavy atom. The van der Waals surface area contributed by atoms with Crippen LogP contribution in [0.4, 0.5) is 0 Å². The molecule has 0 aliphatic carbocycles. The molecular formula is C22H19ClN4O2. The van der Waals surface area contributed by atoms with E-state index < -0.39 is 0 Å². The van der Waals surface area contributed by atoms with Crippen molar-refractivity contribution in [3.8, 4) is 0 Å². The molecule has 0 bridgehead atoms. The zero-order valence-corrected chi connectivity index (χ0v) is 16.4. The van der Waals surface area contributed by atoms with Gasteiger partial charge in [-0.25, -0.2) is 0 Å². The maximum absolute atomic E-state index is 13.2. The Labute approximate surface area is 173 Å². The highest BCUT2D eigenvalue weighted by molar-refractivity contribution is 6.31. The average Bonchev–Trinajstić information content (AvgIpc) is 3.42. The molecule has 1 amide bonds. The fourth-order valence-corrected chi connectivity index (χ4v) is 3.24. The number of rotatable bonds is 7. The monoisotopic (exact) mass is 406 g/mol. The van der Waals surface area contributed by atoms with Crippen LogP contribution in [0.5, 0.6) is 0 Å². The van der Waals surface area contributed by atoms with Crippen molar-refractivity contribution < 1.29 is 9.21 Å². The summed E-state index contributed by atoms with van der Waals surface area (Å²) in [5, 5.41) is 5.01. The van der Waals surface area contributed by atoms with Crippen molar-refractivity contribution in [3.05, 3.63) is 107 Å². The second-order valence-corrected chi connectivity index (χ2v) is 7.03. The minimum Gasteiger partial charge on any atom is -0.467 e. The van der Waals surface area contributed by atoms with E-state index in [0.29, 0.717) is 36.0 Å². The van der Waals surface area contributed by atoms with Crippen molar-refractivity contribution in [3.63, 3.8) is 0 Å². The first kappa shape index (κ1) is 19.0. The van der Waals surface area contributed by atoms with Crippen molar-refractivity contribution in [2.24, 2.45) is 0 Å². The molecule has 0 saturated carbocycles. The van der Waals surface area contributed by atoms with Gasteiger partial charge in [0.2, 0.25) is 0 Å². The smallest absolute Gasteiger partial charge is 0.257 e. The minimum absolute atomic E-state index is 0.129. The van der Waals surface area contributed by atoms with Crippen LogP contribution in [0.1, 0.15) is 27.2 Å². The molecule has 6 nitrogen and oxygen atoms in total. The predicted octanol–water partition coefficient (Wildman–Crippen LogP) is 4.42. The number of carbonyl (C=O) groups is 1. The second kappa shape index (κ2) is 8.75. The Morgan fingerprint density at radius 2 is 1.97 bits per heavy atom. The van der Waals surface area contributed by atoms with Gasteiger partial charge in [-0.2, -0.15) is 5.10 Å². The van der Waals surface area contributed by atoms with Gasteiger partial charge < -0.3 is 9.32 Å². The van der Waals surface area contributed by atoms with Crippen molar-refractivity contribution in [2.45, 2.75) is 19.6 Å². The quantitative estimate of drug-likeness (QED) is 0.456. The van der Waals surface area contributed by atoms with Crippen LogP contribution in [0.15, 0.2) is 84.0 Å². The van der Waals surface area contributed by atoms with Gasteiger partial charge in [0.25, 0.3) is 5.91 Å². The third-order valence-corrected chi connectivity index (χ3v) is 4.85. The van der Waals surface area contributed by atoms with Gasteiger partial charge in [-0.05, 0) is 35.4 Å². The van der Waals surface area contributed by atoms with Crippen LogP contribution in [-0.2, 0) is 19.6 Å². The first-order chi connectivity index (χ1) is 14.2. The third kappa shape index (κ3) is 4.73. The number of halogens is 1. The molecule has 29 heavy (non-hydrogen) atoms. The van der Waals surface area contributed by atoms with E-state index in [4.69, 9.17) is 16.0 Å². The zero-order valence-electron chi connectivity index (χ0n) is 15.6. The largest absolute Gasteiger partial charge is 0.467 e. The molecule has 7 heteroatoms. The summed E-state index contributed by atoms with van der Waals surface area (Å²) in [6, 6.07) is 15.0. The minimum atomic E-state index is -0.129. The molecule has 3 heterocycles. The van der Waals surface area contributed by atoms with E-state index in [1.54, 1.807) is 40.6 Å². The second-order valence-electron chi connectivity index (χ2n) is 6.62. The van der Waals surface area contributed by atoms with Crippen LogP contribution >= 0.6 is 11.6 Å². The van der Waals surface area contributed by atoms with E-state index >= 15 is 0 Å². The molecule has 3 aromatic heterocycles. The Morgan fingerprint density at radius 1 is 1.07 bits per heavy atom. The molecule has 0 atom stereocenters. The fraction of sp³-hybridized carbons (Fsp3) is 0.136. The summed E-state index contributed by atoms with van der Waals surface area (Å²) < 4.78 is 7.15. The number of hydrogen-bond donors (Lipinski definition) is 0. The Bertz CT molecular complexity index is 1080. The molecule has 0 aliphatic rings. The first-order valence-electron chi connectivity index (χ1n) is 9.15. The number of carbonyl (C=O) groups excluding carboxylic acids is 1. The van der Waals surface area contributed by atoms with E-state index in [9.17, 15) is 4.79 Å². The Kier molecular flexibility index (Phi) is 5.72. The maximum atomic E-state index is 13.2. The van der Waals surface area contributed by atoms with Crippen LogP contribution in [-0.4, -0.2) is 25.6 Å². The lowest BCUT2D eigenvalue weighted by molar-refractivity contribution is 0.0717. The topological polar surface area (TPSA) is 64.2 Å². The highest BCUT2D eigenvalue weighted by Crippen LogP contribution is 2.17. The summed E-state index contributed by atoms with van der Waals surface area (Å²) in [7, 11) is 0. The molecule has 0 saturated heterocycles. The molecule has 4 rings (SSSR count). The van der Waals surface area contributed by atoms with E-state index in [2.05, 4.69) is 10.1 Å². The van der Waals surface area contributed by atoms with E-state index in [1.165, 1.54) is 0 Å². The lowest BCUT2D eigenvalue weighted by Gasteiger charge is -2.21. The van der Waals surface area contributed by atoms with Gasteiger partial charge in [-0.1, -0.05) is 35.9 Å². The molecule has 0 aliphatic heterocycles. The fourth-order valence-electron chi connectivity index (χ4n) is 3.05. The Balaban J connectivity index is 1.54. The molecule has 0 radical (unpaired) electrons. The van der Waals surface area contributed by atoms with Gasteiger partial charge >= 0.3 is 0 Å². The highest BCUT2D eigenvalue weighted by atomic mass is 35.5. The summed E-state index contributed by atoms with van der Waals surface area (Å²) in [5.74, 6) is 0.585. The van der Waals surface area contributed by atoms with Gasteiger partial charge in [0.05, 0.1) is 31.1 Å². The molecule has 4 aromatic rings. The van der Waals surface area contributed by atoms with Gasteiger partial charge in [0, 0.05) is 30.2 Å². The lowest BCUT2D eigenvalue weighted by Crippen LogP contribution is -2.29. The van der Waals surface area contributed by atoms with E-state index in [-0.39, 0.29) is 5.91 Å². The van der Waals surface area contributed by atoms with Crippen LogP contribution < -0.4 is 0 Å². The number of aromatic nitrogens is 3. The summed E-state index contributed by atoms with van der Waals surface area (Å²) in [6.07, 6.45) is 8.38. The molecule has 0 spiro atoms. The van der Waals surface area contributed by atoms with Crippen LogP contribution in [0.2, 0.25) is 5.02 Å². The number of hydrogen-bond acceptors (Lipinski definition) is 4. The lowest BCUT2D eigenvalue weighted by atomic mass is 10.2. The maximum Gasteiger partial charge on any atom is 0.257 e. The summed E-state index contributed by atoms with van der Waals surface area (Å²) in [6.45, 7) is 1.27. The molecule has 146 valence electrons. The number of amides is 1. The van der Waals surface area contributed by atoms with Gasteiger partial charge in [-0.15, -0.1) is 0 Å². The zero-order chi connectivity index (χ0) is 20.1. The van der Waals surface area contributed by atoms with Gasteiger partial charge in [-0.3, -0.25) is 14.5 Å². The van der Waals surface area contributed by atoms with Crippen LogP contribution in [0, 0.1) is 0 Å². The van der Waals surface area contributed by atoms with Gasteiger partial charge in [0.1, 0.15) is 5.76 Å². The molecule has 1 aromatic carbocycles. The van der Waals surface area contributed by atoms with Gasteiger partial charge in [0.15, 0.2) is 0 Å². The van der Waals surface area contributed by atoms with E-state index in [1.807, 2.05) is 48.5 Å². The Hall–Kier alpha value is -3.38. The molecular weight excluding hydrogens is 388 g/mol. The van der Waals surface area contributed by atoms with E-state index in [0.717, 1.165) is 11.1 Å². The predicted molar refractivity (Wildman–Crippen MR) is 109 cm³/mol. The summed E-state index contributed by atoms with van der Waals surface area (Å²) in [4.78, 5) is 19.0. The van der Waals surface area contributed by atoms with Crippen LogP contribution in [0.25, 0.3) is 0 Å². The first-order valence-corrected chi connectivity index (χ1v) is 9.53. The molecule has 0 unspecified atom stereocenters.